The zero-order chi connectivity index (χ0) is 15.2. The molecule has 0 radical (unpaired) electrons. The number of carbonyl (C=O) groups is 1. The SMILES string of the molecule is CCOC(=O)CCS(=O)(=O)Nc1ccc(C(C)O)cc1. The fourth-order valence-corrected chi connectivity index (χ4v) is 2.54. The van der Waals surface area contributed by atoms with Crippen molar-refractivity contribution in [1.82, 2.24) is 0 Å². The molecular weight excluding hydrogens is 282 g/mol. The fourth-order valence-electron chi connectivity index (χ4n) is 1.51. The summed E-state index contributed by atoms with van der Waals surface area (Å²) in [4.78, 5) is 11.1. The number of hydrogen-bond acceptors (Lipinski definition) is 5. The highest BCUT2D eigenvalue weighted by Crippen LogP contribution is 2.16. The third kappa shape index (κ3) is 5.58. The molecular formula is C13H19NO5S. The highest BCUT2D eigenvalue weighted by atomic mass is 32.2. The number of sulfonamides is 1. The van der Waals surface area contributed by atoms with E-state index in [9.17, 15) is 18.3 Å². The summed E-state index contributed by atoms with van der Waals surface area (Å²) >= 11 is 0. The molecule has 7 heteroatoms. The standard InChI is InChI=1S/C13H19NO5S/c1-3-19-13(16)8-9-20(17,18)14-12-6-4-11(5-7-12)10(2)15/h4-7,10,14-15H,3,8-9H2,1-2H3. The summed E-state index contributed by atoms with van der Waals surface area (Å²) in [6.45, 7) is 3.51. The van der Waals surface area contributed by atoms with Crippen LogP contribution in [0.25, 0.3) is 0 Å². The predicted molar refractivity (Wildman–Crippen MR) is 75.7 cm³/mol. The van der Waals surface area contributed by atoms with E-state index in [1.807, 2.05) is 0 Å². The fraction of sp³-hybridized carbons (Fsp3) is 0.462. The van der Waals surface area contributed by atoms with Crippen LogP contribution in [0.2, 0.25) is 0 Å². The quantitative estimate of drug-likeness (QED) is 0.743. The number of ether oxygens (including phenoxy) is 1. The van der Waals surface area contributed by atoms with Gasteiger partial charge in [-0.25, -0.2) is 8.42 Å². The first-order valence-corrected chi connectivity index (χ1v) is 7.93. The molecule has 0 saturated carbocycles. The van der Waals surface area contributed by atoms with Crippen LogP contribution >= 0.6 is 0 Å². The minimum atomic E-state index is -3.59. The van der Waals surface area contributed by atoms with E-state index in [1.165, 1.54) is 0 Å². The Balaban J connectivity index is 2.59. The van der Waals surface area contributed by atoms with E-state index in [-0.39, 0.29) is 18.8 Å². The molecule has 1 rings (SSSR count). The minimum absolute atomic E-state index is 0.186. The van der Waals surface area contributed by atoms with Gasteiger partial charge in [-0.1, -0.05) is 12.1 Å². The molecule has 0 aromatic heterocycles. The summed E-state index contributed by atoms with van der Waals surface area (Å²) in [6, 6.07) is 6.38. The van der Waals surface area contributed by atoms with E-state index >= 15 is 0 Å². The number of nitrogens with one attached hydrogen (secondary N) is 1. The number of esters is 1. The van der Waals surface area contributed by atoms with Crippen molar-refractivity contribution < 1.29 is 23.1 Å². The van der Waals surface area contributed by atoms with Gasteiger partial charge in [0.1, 0.15) is 0 Å². The maximum Gasteiger partial charge on any atom is 0.306 e. The van der Waals surface area contributed by atoms with Gasteiger partial charge in [0.2, 0.25) is 10.0 Å². The van der Waals surface area contributed by atoms with Gasteiger partial charge < -0.3 is 9.84 Å². The zero-order valence-corrected chi connectivity index (χ0v) is 12.3. The Hall–Kier alpha value is -1.60. The van der Waals surface area contributed by atoms with Gasteiger partial charge in [0, 0.05) is 5.69 Å². The van der Waals surface area contributed by atoms with Crippen molar-refractivity contribution in [3.05, 3.63) is 29.8 Å². The van der Waals surface area contributed by atoms with E-state index in [0.29, 0.717) is 11.3 Å². The second-order valence-corrected chi connectivity index (χ2v) is 6.12. The van der Waals surface area contributed by atoms with Crippen LogP contribution in [0, 0.1) is 0 Å². The second kappa shape index (κ2) is 7.25. The van der Waals surface area contributed by atoms with Crippen molar-refractivity contribution in [2.45, 2.75) is 26.4 Å². The number of aliphatic hydroxyl groups excluding tert-OH is 1. The monoisotopic (exact) mass is 301 g/mol. The summed E-state index contributed by atoms with van der Waals surface area (Å²) in [5.41, 5.74) is 1.08. The molecule has 1 aromatic carbocycles. The number of aliphatic hydroxyl groups is 1. The molecule has 0 amide bonds. The zero-order valence-electron chi connectivity index (χ0n) is 11.5. The number of hydrogen-bond donors (Lipinski definition) is 2. The molecule has 0 fully saturated rings. The predicted octanol–water partition coefficient (Wildman–Crippen LogP) is 1.43. The molecule has 0 aliphatic rings. The van der Waals surface area contributed by atoms with Crippen molar-refractivity contribution >= 4 is 21.7 Å². The van der Waals surface area contributed by atoms with Crippen LogP contribution in [-0.4, -0.2) is 31.9 Å². The van der Waals surface area contributed by atoms with Gasteiger partial charge in [-0.05, 0) is 31.5 Å². The van der Waals surface area contributed by atoms with Crippen molar-refractivity contribution in [2.24, 2.45) is 0 Å². The minimum Gasteiger partial charge on any atom is -0.466 e. The number of benzene rings is 1. The number of carbonyl (C=O) groups excluding carboxylic acids is 1. The smallest absolute Gasteiger partial charge is 0.306 e. The van der Waals surface area contributed by atoms with Crippen LogP contribution in [-0.2, 0) is 19.6 Å². The molecule has 0 heterocycles. The molecule has 2 N–H and O–H groups in total. The van der Waals surface area contributed by atoms with Gasteiger partial charge >= 0.3 is 5.97 Å². The van der Waals surface area contributed by atoms with E-state index in [2.05, 4.69) is 9.46 Å². The summed E-state index contributed by atoms with van der Waals surface area (Å²) < 4.78 is 30.6. The van der Waals surface area contributed by atoms with Crippen LogP contribution in [0.1, 0.15) is 31.9 Å². The molecule has 0 spiro atoms. The van der Waals surface area contributed by atoms with Crippen LogP contribution in [0.4, 0.5) is 5.69 Å². The molecule has 0 bridgehead atoms. The van der Waals surface area contributed by atoms with Gasteiger partial charge in [0.25, 0.3) is 0 Å². The van der Waals surface area contributed by atoms with Gasteiger partial charge in [-0.3, -0.25) is 9.52 Å². The summed E-state index contributed by atoms with van der Waals surface area (Å²) in [7, 11) is -3.59. The maximum atomic E-state index is 11.8. The summed E-state index contributed by atoms with van der Waals surface area (Å²) in [5, 5.41) is 9.35. The van der Waals surface area contributed by atoms with E-state index in [1.54, 1.807) is 38.1 Å². The highest BCUT2D eigenvalue weighted by Gasteiger charge is 2.14. The average molecular weight is 301 g/mol. The second-order valence-electron chi connectivity index (χ2n) is 4.27. The Bertz CT molecular complexity index is 536. The molecule has 112 valence electrons. The maximum absolute atomic E-state index is 11.8. The van der Waals surface area contributed by atoms with E-state index < -0.39 is 22.1 Å². The third-order valence-corrected chi connectivity index (χ3v) is 3.83. The largest absolute Gasteiger partial charge is 0.466 e. The van der Waals surface area contributed by atoms with Crippen LogP contribution < -0.4 is 4.72 Å². The van der Waals surface area contributed by atoms with Gasteiger partial charge in [-0.2, -0.15) is 0 Å². The lowest BCUT2D eigenvalue weighted by Gasteiger charge is -2.09. The van der Waals surface area contributed by atoms with Gasteiger partial charge in [0.05, 0.1) is 24.9 Å². The summed E-state index contributed by atoms with van der Waals surface area (Å²) in [6.07, 6.45) is -0.793. The molecule has 0 aliphatic carbocycles. The van der Waals surface area contributed by atoms with E-state index in [4.69, 9.17) is 0 Å². The first kappa shape index (κ1) is 16.5. The van der Waals surface area contributed by atoms with Crippen molar-refractivity contribution in [3.8, 4) is 0 Å². The Morgan fingerprint density at radius 3 is 2.45 bits per heavy atom. The Labute approximate surface area is 118 Å². The number of rotatable bonds is 7. The van der Waals surface area contributed by atoms with Crippen LogP contribution in [0.5, 0.6) is 0 Å². The third-order valence-electron chi connectivity index (χ3n) is 2.55. The highest BCUT2D eigenvalue weighted by molar-refractivity contribution is 7.92. The molecule has 6 nitrogen and oxygen atoms in total. The van der Waals surface area contributed by atoms with Crippen molar-refractivity contribution in [3.63, 3.8) is 0 Å². The first-order valence-electron chi connectivity index (χ1n) is 6.28. The molecule has 1 unspecified atom stereocenters. The summed E-state index contributed by atoms with van der Waals surface area (Å²) in [5.74, 6) is -0.869. The molecule has 1 atom stereocenters. The van der Waals surface area contributed by atoms with Gasteiger partial charge in [0.15, 0.2) is 0 Å². The molecule has 20 heavy (non-hydrogen) atoms. The van der Waals surface area contributed by atoms with Crippen molar-refractivity contribution in [1.29, 1.82) is 0 Å². The Kier molecular flexibility index (Phi) is 5.97. The topological polar surface area (TPSA) is 92.7 Å². The van der Waals surface area contributed by atoms with Crippen molar-refractivity contribution in [2.75, 3.05) is 17.1 Å². The lowest BCUT2D eigenvalue weighted by Crippen LogP contribution is -2.20. The lowest BCUT2D eigenvalue weighted by molar-refractivity contribution is -0.142. The normalized spacial score (nSPS) is 12.8. The molecule has 0 saturated heterocycles. The van der Waals surface area contributed by atoms with Crippen LogP contribution in [0.15, 0.2) is 24.3 Å². The van der Waals surface area contributed by atoms with Crippen LogP contribution in [0.3, 0.4) is 0 Å². The van der Waals surface area contributed by atoms with E-state index in [0.717, 1.165) is 0 Å². The molecule has 1 aromatic rings. The molecule has 0 aliphatic heterocycles. The Morgan fingerprint density at radius 2 is 1.95 bits per heavy atom. The van der Waals surface area contributed by atoms with Gasteiger partial charge in [-0.15, -0.1) is 0 Å². The number of anilines is 1. The Morgan fingerprint density at radius 1 is 1.35 bits per heavy atom. The average Bonchev–Trinajstić information content (AvgIpc) is 2.37. The first-order chi connectivity index (χ1) is 9.34. The lowest BCUT2D eigenvalue weighted by atomic mass is 10.1.